The number of rotatable bonds is 8. The van der Waals surface area contributed by atoms with Gasteiger partial charge in [-0.3, -0.25) is 9.59 Å². The van der Waals surface area contributed by atoms with Crippen molar-refractivity contribution in [2.24, 2.45) is 0 Å². The van der Waals surface area contributed by atoms with Gasteiger partial charge in [0.2, 0.25) is 5.91 Å². The molecule has 6 heteroatoms. The highest BCUT2D eigenvalue weighted by molar-refractivity contribution is 6.04. The van der Waals surface area contributed by atoms with Gasteiger partial charge in [-0.2, -0.15) is 0 Å². The van der Waals surface area contributed by atoms with Gasteiger partial charge in [0.05, 0.1) is 25.3 Å². The van der Waals surface area contributed by atoms with Crippen molar-refractivity contribution in [2.75, 3.05) is 4.90 Å². The first-order chi connectivity index (χ1) is 16.5. The minimum atomic E-state index is -0.367. The average molecular weight is 457 g/mol. The van der Waals surface area contributed by atoms with Gasteiger partial charge in [0.1, 0.15) is 5.82 Å². The van der Waals surface area contributed by atoms with Crippen molar-refractivity contribution in [2.45, 2.75) is 25.9 Å². The van der Waals surface area contributed by atoms with E-state index in [0.717, 1.165) is 11.1 Å². The summed E-state index contributed by atoms with van der Waals surface area (Å²) in [6.45, 7) is 2.12. The summed E-state index contributed by atoms with van der Waals surface area (Å²) >= 11 is 0. The van der Waals surface area contributed by atoms with Gasteiger partial charge in [-0.25, -0.2) is 4.39 Å². The molecule has 0 bridgehead atoms. The molecule has 0 unspecified atom stereocenters. The maximum atomic E-state index is 13.7. The minimum Gasteiger partial charge on any atom is -0.459 e. The first kappa shape index (κ1) is 23.0. The third kappa shape index (κ3) is 5.78. The molecule has 172 valence electrons. The first-order valence-corrected chi connectivity index (χ1v) is 11.0. The fourth-order valence-electron chi connectivity index (χ4n) is 3.73. The van der Waals surface area contributed by atoms with E-state index in [1.54, 1.807) is 36.4 Å². The van der Waals surface area contributed by atoms with Crippen LogP contribution in [0.3, 0.4) is 0 Å². The van der Waals surface area contributed by atoms with Crippen LogP contribution in [0, 0.1) is 5.82 Å². The smallest absolute Gasteiger partial charge is 0.294 e. The van der Waals surface area contributed by atoms with Crippen molar-refractivity contribution in [3.05, 3.63) is 126 Å². The number of anilines is 1. The largest absolute Gasteiger partial charge is 0.459 e. The predicted molar refractivity (Wildman–Crippen MR) is 129 cm³/mol. The van der Waals surface area contributed by atoms with Crippen LogP contribution in [0.1, 0.15) is 40.2 Å². The molecule has 0 spiro atoms. The Hall–Kier alpha value is -4.19. The highest BCUT2D eigenvalue weighted by Gasteiger charge is 2.21. The second kappa shape index (κ2) is 10.6. The maximum Gasteiger partial charge on any atom is 0.294 e. The van der Waals surface area contributed by atoms with Gasteiger partial charge in [0.15, 0.2) is 5.76 Å². The Kier molecular flexibility index (Phi) is 7.18. The highest BCUT2D eigenvalue weighted by Crippen LogP contribution is 2.22. The lowest BCUT2D eigenvalue weighted by molar-refractivity contribution is -0.121. The van der Waals surface area contributed by atoms with Crippen LogP contribution in [-0.4, -0.2) is 11.8 Å². The number of halogens is 1. The fourth-order valence-corrected chi connectivity index (χ4v) is 3.73. The minimum absolute atomic E-state index is 0.0904. The van der Waals surface area contributed by atoms with E-state index in [4.69, 9.17) is 4.42 Å². The third-order valence-corrected chi connectivity index (χ3v) is 5.50. The van der Waals surface area contributed by atoms with Gasteiger partial charge in [-0.1, -0.05) is 54.6 Å². The summed E-state index contributed by atoms with van der Waals surface area (Å²) in [5, 5.41) is 3.01. The van der Waals surface area contributed by atoms with Crippen LogP contribution in [0.25, 0.3) is 0 Å². The topological polar surface area (TPSA) is 62.6 Å². The summed E-state index contributed by atoms with van der Waals surface area (Å²) in [5.74, 6) is -0.604. The molecule has 1 aromatic heterocycles. The number of carbonyl (C=O) groups is 2. The first-order valence-electron chi connectivity index (χ1n) is 11.0. The van der Waals surface area contributed by atoms with E-state index in [1.807, 2.05) is 49.4 Å². The van der Waals surface area contributed by atoms with Crippen LogP contribution in [0.2, 0.25) is 0 Å². The van der Waals surface area contributed by atoms with E-state index >= 15 is 0 Å². The van der Waals surface area contributed by atoms with Crippen LogP contribution < -0.4 is 10.2 Å². The van der Waals surface area contributed by atoms with Gasteiger partial charge < -0.3 is 14.6 Å². The van der Waals surface area contributed by atoms with Crippen LogP contribution >= 0.6 is 0 Å². The van der Waals surface area contributed by atoms with E-state index in [9.17, 15) is 14.0 Å². The van der Waals surface area contributed by atoms with Gasteiger partial charge in [0.25, 0.3) is 5.91 Å². The molecule has 3 aromatic carbocycles. The van der Waals surface area contributed by atoms with Crippen LogP contribution in [0.4, 0.5) is 10.1 Å². The standard InChI is InChI=1S/C28H25FN2O3/c1-20(23-8-3-2-4-9-23)30-27(32)18-21-12-14-25(15-13-21)31(28(33)26-11-6-16-34-26)19-22-7-5-10-24(29)17-22/h2-17,20H,18-19H2,1H3,(H,30,32)/t20-/m0/s1. The van der Waals surface area contributed by atoms with Gasteiger partial charge >= 0.3 is 0 Å². The van der Waals surface area contributed by atoms with E-state index in [0.29, 0.717) is 11.3 Å². The van der Waals surface area contributed by atoms with Gasteiger partial charge in [-0.15, -0.1) is 0 Å². The Labute approximate surface area is 197 Å². The van der Waals surface area contributed by atoms with Crippen molar-refractivity contribution in [1.29, 1.82) is 0 Å². The number of furan rings is 1. The van der Waals surface area contributed by atoms with Crippen molar-refractivity contribution >= 4 is 17.5 Å². The molecule has 0 aliphatic carbocycles. The Bertz CT molecular complexity index is 1240. The summed E-state index contributed by atoms with van der Waals surface area (Å²) in [6, 6.07) is 26.2. The molecule has 2 amide bonds. The van der Waals surface area contributed by atoms with E-state index in [2.05, 4.69) is 5.32 Å². The Morgan fingerprint density at radius 2 is 1.68 bits per heavy atom. The van der Waals surface area contributed by atoms with Gasteiger partial charge in [0, 0.05) is 5.69 Å². The number of nitrogens with zero attached hydrogens (tertiary/aromatic N) is 1. The SMILES string of the molecule is C[C@H](NC(=O)Cc1ccc(N(Cc2cccc(F)c2)C(=O)c2ccco2)cc1)c1ccccc1. The Morgan fingerprint density at radius 3 is 2.35 bits per heavy atom. The zero-order chi connectivity index (χ0) is 23.9. The summed E-state index contributed by atoms with van der Waals surface area (Å²) in [5.41, 5.74) is 3.12. The Morgan fingerprint density at radius 1 is 0.912 bits per heavy atom. The van der Waals surface area contributed by atoms with Crippen molar-refractivity contribution < 1.29 is 18.4 Å². The van der Waals surface area contributed by atoms with Crippen LogP contribution in [-0.2, 0) is 17.8 Å². The zero-order valence-electron chi connectivity index (χ0n) is 18.8. The quantitative estimate of drug-likeness (QED) is 0.371. The lowest BCUT2D eigenvalue weighted by Gasteiger charge is -2.22. The maximum absolute atomic E-state index is 13.7. The number of nitrogens with one attached hydrogen (secondary N) is 1. The molecule has 5 nitrogen and oxygen atoms in total. The van der Waals surface area contributed by atoms with E-state index < -0.39 is 0 Å². The van der Waals surface area contributed by atoms with Crippen molar-refractivity contribution in [1.82, 2.24) is 5.32 Å². The summed E-state index contributed by atoms with van der Waals surface area (Å²) in [4.78, 5) is 27.1. The molecular formula is C28H25FN2O3. The molecule has 34 heavy (non-hydrogen) atoms. The molecule has 0 fully saturated rings. The third-order valence-electron chi connectivity index (χ3n) is 5.50. The monoisotopic (exact) mass is 456 g/mol. The van der Waals surface area contributed by atoms with E-state index in [1.165, 1.54) is 23.3 Å². The van der Waals surface area contributed by atoms with Crippen molar-refractivity contribution in [3.8, 4) is 0 Å². The second-order valence-electron chi connectivity index (χ2n) is 8.04. The molecule has 4 rings (SSSR count). The molecular weight excluding hydrogens is 431 g/mol. The lowest BCUT2D eigenvalue weighted by atomic mass is 10.1. The second-order valence-corrected chi connectivity index (χ2v) is 8.04. The molecule has 0 saturated heterocycles. The van der Waals surface area contributed by atoms with Gasteiger partial charge in [-0.05, 0) is 60.0 Å². The van der Waals surface area contributed by atoms with Crippen molar-refractivity contribution in [3.63, 3.8) is 0 Å². The van der Waals surface area contributed by atoms with E-state index in [-0.39, 0.29) is 42.4 Å². The van der Waals surface area contributed by atoms with Crippen LogP contribution in [0.5, 0.6) is 0 Å². The fraction of sp³-hybridized carbons (Fsp3) is 0.143. The molecule has 0 aliphatic heterocycles. The molecule has 0 aliphatic rings. The zero-order valence-corrected chi connectivity index (χ0v) is 18.8. The molecule has 1 atom stereocenters. The summed E-state index contributed by atoms with van der Waals surface area (Å²) in [7, 11) is 0. The average Bonchev–Trinajstić information content (AvgIpc) is 3.38. The summed E-state index contributed by atoms with van der Waals surface area (Å²) in [6.07, 6.45) is 1.65. The Balaban J connectivity index is 1.48. The molecule has 0 saturated carbocycles. The molecule has 4 aromatic rings. The number of carbonyl (C=O) groups excluding carboxylic acids is 2. The predicted octanol–water partition coefficient (Wildman–Crippen LogP) is 5.69. The number of hydrogen-bond donors (Lipinski definition) is 1. The number of amides is 2. The molecule has 1 heterocycles. The highest BCUT2D eigenvalue weighted by atomic mass is 19.1. The number of benzene rings is 3. The summed E-state index contributed by atoms with van der Waals surface area (Å²) < 4.78 is 19.0. The van der Waals surface area contributed by atoms with Crippen LogP contribution in [0.15, 0.2) is 102 Å². The molecule has 0 radical (unpaired) electrons. The number of hydrogen-bond acceptors (Lipinski definition) is 3. The normalized spacial score (nSPS) is 11.6. The lowest BCUT2D eigenvalue weighted by Crippen LogP contribution is -2.30. The molecule has 1 N–H and O–H groups in total.